The molecule has 0 aliphatic carbocycles. The van der Waals surface area contributed by atoms with Gasteiger partial charge in [0, 0.05) is 36.9 Å². The van der Waals surface area contributed by atoms with Gasteiger partial charge in [0.2, 0.25) is 0 Å². The average Bonchev–Trinajstić information content (AvgIpc) is 3.41. The molecule has 8 rings (SSSR count). The Balaban J connectivity index is 1.21. The van der Waals surface area contributed by atoms with Crippen LogP contribution >= 0.6 is 11.3 Å². The van der Waals surface area contributed by atoms with E-state index in [2.05, 4.69) is 151 Å². The Kier molecular flexibility index (Phi) is 5.39. The summed E-state index contributed by atoms with van der Waals surface area (Å²) in [7, 11) is 0. The SMILES string of the molecule is c1ccc(-c2ccc(Nc3ccc(-c4ccc5sc6ccc7ccccc7c6c5c4)c4ccccc34)cc2)cc1. The zero-order valence-electron chi connectivity index (χ0n) is 21.8. The third-order valence-corrected chi connectivity index (χ3v) is 9.00. The summed E-state index contributed by atoms with van der Waals surface area (Å²) in [6.45, 7) is 0. The van der Waals surface area contributed by atoms with Crippen molar-refractivity contribution >= 4 is 64.4 Å². The van der Waals surface area contributed by atoms with Crippen LogP contribution in [0.25, 0.3) is 64.0 Å². The van der Waals surface area contributed by atoms with Crippen molar-refractivity contribution in [3.05, 3.63) is 146 Å². The van der Waals surface area contributed by atoms with Crippen molar-refractivity contribution in [1.82, 2.24) is 0 Å². The number of benzene rings is 7. The minimum atomic E-state index is 1.08. The van der Waals surface area contributed by atoms with E-state index in [-0.39, 0.29) is 0 Å². The molecular formula is C38H25NS. The van der Waals surface area contributed by atoms with E-state index in [1.165, 1.54) is 64.0 Å². The van der Waals surface area contributed by atoms with Gasteiger partial charge in [-0.05, 0) is 74.8 Å². The second kappa shape index (κ2) is 9.37. The molecule has 0 aliphatic heterocycles. The highest BCUT2D eigenvalue weighted by molar-refractivity contribution is 7.26. The molecule has 0 spiro atoms. The maximum absolute atomic E-state index is 3.68. The largest absolute Gasteiger partial charge is 0.355 e. The van der Waals surface area contributed by atoms with Crippen LogP contribution in [0.5, 0.6) is 0 Å². The van der Waals surface area contributed by atoms with Crippen molar-refractivity contribution in [2.45, 2.75) is 0 Å². The van der Waals surface area contributed by atoms with E-state index >= 15 is 0 Å². The number of hydrogen-bond acceptors (Lipinski definition) is 2. The summed E-state index contributed by atoms with van der Waals surface area (Å²) in [4.78, 5) is 0. The van der Waals surface area contributed by atoms with Crippen LogP contribution in [-0.4, -0.2) is 0 Å². The van der Waals surface area contributed by atoms with Crippen LogP contribution < -0.4 is 5.32 Å². The molecule has 0 aliphatic rings. The van der Waals surface area contributed by atoms with Crippen LogP contribution in [0.4, 0.5) is 11.4 Å². The minimum absolute atomic E-state index is 1.08. The number of rotatable bonds is 4. The second-order valence-electron chi connectivity index (χ2n) is 10.2. The van der Waals surface area contributed by atoms with Gasteiger partial charge < -0.3 is 5.32 Å². The molecule has 0 saturated carbocycles. The van der Waals surface area contributed by atoms with Gasteiger partial charge in [-0.2, -0.15) is 0 Å². The van der Waals surface area contributed by atoms with Crippen molar-refractivity contribution in [2.75, 3.05) is 5.32 Å². The molecule has 40 heavy (non-hydrogen) atoms. The third-order valence-electron chi connectivity index (χ3n) is 7.87. The lowest BCUT2D eigenvalue weighted by atomic mass is 9.95. The van der Waals surface area contributed by atoms with Crippen LogP contribution in [0.1, 0.15) is 0 Å². The van der Waals surface area contributed by atoms with Crippen LogP contribution in [0.3, 0.4) is 0 Å². The highest BCUT2D eigenvalue weighted by Crippen LogP contribution is 2.42. The van der Waals surface area contributed by atoms with E-state index in [1.54, 1.807) is 0 Å². The second-order valence-corrected chi connectivity index (χ2v) is 11.3. The van der Waals surface area contributed by atoms with Gasteiger partial charge in [-0.3, -0.25) is 0 Å². The standard InChI is InChI=1S/C38H25NS/c1-2-8-25(9-3-1)26-14-18-29(19-15-26)39-35-21-20-30(32-12-6-7-13-33(32)35)28-17-22-36-34(24-28)38-31-11-5-4-10-27(31)16-23-37(38)40-36/h1-24,39H. The average molecular weight is 528 g/mol. The van der Waals surface area contributed by atoms with Crippen molar-refractivity contribution in [3.8, 4) is 22.3 Å². The van der Waals surface area contributed by atoms with Crippen molar-refractivity contribution < 1.29 is 0 Å². The predicted octanol–water partition coefficient (Wildman–Crippen LogP) is 11.4. The Morgan fingerprint density at radius 3 is 1.95 bits per heavy atom. The highest BCUT2D eigenvalue weighted by Gasteiger charge is 2.13. The Morgan fingerprint density at radius 1 is 0.425 bits per heavy atom. The van der Waals surface area contributed by atoms with E-state index in [0.717, 1.165) is 11.4 Å². The molecule has 0 saturated heterocycles. The molecule has 2 heteroatoms. The molecule has 8 aromatic rings. The molecule has 0 unspecified atom stereocenters. The van der Waals surface area contributed by atoms with Gasteiger partial charge >= 0.3 is 0 Å². The van der Waals surface area contributed by atoms with E-state index in [1.807, 2.05) is 11.3 Å². The van der Waals surface area contributed by atoms with Gasteiger partial charge in [-0.25, -0.2) is 0 Å². The molecule has 0 radical (unpaired) electrons. The summed E-state index contributed by atoms with van der Waals surface area (Å²) in [5.41, 5.74) is 7.13. The first-order valence-electron chi connectivity index (χ1n) is 13.6. The van der Waals surface area contributed by atoms with Gasteiger partial charge in [-0.15, -0.1) is 11.3 Å². The van der Waals surface area contributed by atoms with E-state index < -0.39 is 0 Å². The van der Waals surface area contributed by atoms with E-state index in [9.17, 15) is 0 Å². The summed E-state index contributed by atoms with van der Waals surface area (Å²) in [6, 6.07) is 52.5. The fraction of sp³-hybridized carbons (Fsp3) is 0. The molecule has 1 aromatic heterocycles. The van der Waals surface area contributed by atoms with Crippen LogP contribution in [0, 0.1) is 0 Å². The zero-order valence-corrected chi connectivity index (χ0v) is 22.6. The highest BCUT2D eigenvalue weighted by atomic mass is 32.1. The molecule has 1 N–H and O–H groups in total. The first-order chi connectivity index (χ1) is 19.8. The Morgan fingerprint density at radius 2 is 1.10 bits per heavy atom. The van der Waals surface area contributed by atoms with E-state index in [4.69, 9.17) is 0 Å². The first kappa shape index (κ1) is 23.0. The third kappa shape index (κ3) is 3.85. The first-order valence-corrected chi connectivity index (χ1v) is 14.4. The summed E-state index contributed by atoms with van der Waals surface area (Å²) in [6.07, 6.45) is 0. The zero-order chi connectivity index (χ0) is 26.5. The fourth-order valence-electron chi connectivity index (χ4n) is 5.91. The quantitative estimate of drug-likeness (QED) is 0.240. The fourth-order valence-corrected chi connectivity index (χ4v) is 7.01. The van der Waals surface area contributed by atoms with Crippen LogP contribution in [0.15, 0.2) is 146 Å². The van der Waals surface area contributed by atoms with Gasteiger partial charge in [0.05, 0.1) is 0 Å². The Hall–Kier alpha value is -4.92. The van der Waals surface area contributed by atoms with Gasteiger partial charge in [0.15, 0.2) is 0 Å². The minimum Gasteiger partial charge on any atom is -0.355 e. The number of anilines is 2. The maximum atomic E-state index is 3.68. The number of nitrogens with one attached hydrogen (secondary N) is 1. The lowest BCUT2D eigenvalue weighted by Gasteiger charge is -2.14. The van der Waals surface area contributed by atoms with Crippen molar-refractivity contribution in [3.63, 3.8) is 0 Å². The molecular weight excluding hydrogens is 502 g/mol. The van der Waals surface area contributed by atoms with Crippen molar-refractivity contribution in [2.24, 2.45) is 0 Å². The number of fused-ring (bicyclic) bond motifs is 6. The molecule has 1 nitrogen and oxygen atoms in total. The number of thiophene rings is 1. The summed E-state index contributed by atoms with van der Waals surface area (Å²) in [5.74, 6) is 0. The summed E-state index contributed by atoms with van der Waals surface area (Å²) in [5, 5.41) is 11.4. The predicted molar refractivity (Wildman–Crippen MR) is 175 cm³/mol. The van der Waals surface area contributed by atoms with Crippen LogP contribution in [0.2, 0.25) is 0 Å². The molecule has 0 atom stereocenters. The van der Waals surface area contributed by atoms with E-state index in [0.29, 0.717) is 0 Å². The lowest BCUT2D eigenvalue weighted by Crippen LogP contribution is -1.93. The molecule has 7 aromatic carbocycles. The van der Waals surface area contributed by atoms with Gasteiger partial charge in [-0.1, -0.05) is 109 Å². The summed E-state index contributed by atoms with van der Waals surface area (Å²) < 4.78 is 2.67. The smallest absolute Gasteiger partial charge is 0.0464 e. The molecule has 0 fully saturated rings. The van der Waals surface area contributed by atoms with Crippen molar-refractivity contribution in [1.29, 1.82) is 0 Å². The Bertz CT molecular complexity index is 2170. The normalized spacial score (nSPS) is 11.5. The van der Waals surface area contributed by atoms with Crippen LogP contribution in [-0.2, 0) is 0 Å². The Labute approximate surface area is 237 Å². The molecule has 0 amide bonds. The number of hydrogen-bond donors (Lipinski definition) is 1. The molecule has 188 valence electrons. The lowest BCUT2D eigenvalue weighted by molar-refractivity contribution is 1.56. The molecule has 0 bridgehead atoms. The maximum Gasteiger partial charge on any atom is 0.0464 e. The summed E-state index contributed by atoms with van der Waals surface area (Å²) >= 11 is 1.88. The van der Waals surface area contributed by atoms with Gasteiger partial charge in [0.25, 0.3) is 0 Å². The monoisotopic (exact) mass is 527 g/mol. The topological polar surface area (TPSA) is 12.0 Å². The van der Waals surface area contributed by atoms with Gasteiger partial charge in [0.1, 0.15) is 0 Å². The molecule has 1 heterocycles.